The molecule has 1 saturated carbocycles. The van der Waals surface area contributed by atoms with Crippen LogP contribution < -0.4 is 5.73 Å². The predicted octanol–water partition coefficient (Wildman–Crippen LogP) is 3.46. The molecule has 1 aliphatic carbocycles. The van der Waals surface area contributed by atoms with Crippen LogP contribution in [-0.4, -0.2) is 7.11 Å². The van der Waals surface area contributed by atoms with Gasteiger partial charge in [0.15, 0.2) is 0 Å². The molecule has 1 aromatic rings. The third kappa shape index (κ3) is 2.54. The summed E-state index contributed by atoms with van der Waals surface area (Å²) in [6.07, 6.45) is 3.85. The molecule has 1 aliphatic rings. The number of hydrogen-bond donors (Lipinski definition) is 1. The molecule has 2 rings (SSSR count). The number of methoxy groups -OCH3 is 1. The van der Waals surface area contributed by atoms with E-state index in [0.717, 1.165) is 30.2 Å². The van der Waals surface area contributed by atoms with Crippen molar-refractivity contribution in [2.24, 2.45) is 5.73 Å². The zero-order valence-corrected chi connectivity index (χ0v) is 11.5. The van der Waals surface area contributed by atoms with Crippen molar-refractivity contribution in [2.75, 3.05) is 7.11 Å². The van der Waals surface area contributed by atoms with Gasteiger partial charge in [0.05, 0.1) is 6.61 Å². The minimum Gasteiger partial charge on any atom is -0.380 e. The van der Waals surface area contributed by atoms with E-state index in [9.17, 15) is 4.39 Å². The summed E-state index contributed by atoms with van der Waals surface area (Å²) in [5, 5.41) is 0. The second kappa shape index (κ2) is 5.04. The first-order valence-corrected chi connectivity index (χ1v) is 6.62. The van der Waals surface area contributed by atoms with Gasteiger partial charge in [0.25, 0.3) is 0 Å². The fraction of sp³-hybridized carbons (Fsp3) is 0.538. The number of ether oxygens (including phenoxy) is 1. The monoisotopic (exact) mass is 301 g/mol. The van der Waals surface area contributed by atoms with Gasteiger partial charge in [-0.2, -0.15) is 0 Å². The van der Waals surface area contributed by atoms with E-state index in [1.165, 1.54) is 0 Å². The maximum atomic E-state index is 14.4. The molecular formula is C13H17BrFNO. The van der Waals surface area contributed by atoms with Crippen LogP contribution >= 0.6 is 15.9 Å². The molecule has 0 unspecified atom stereocenters. The number of benzene rings is 1. The fourth-order valence-corrected chi connectivity index (χ4v) is 3.05. The highest BCUT2D eigenvalue weighted by Crippen LogP contribution is 2.39. The summed E-state index contributed by atoms with van der Waals surface area (Å²) in [4.78, 5) is 0. The van der Waals surface area contributed by atoms with Crippen molar-refractivity contribution in [2.45, 2.75) is 37.8 Å². The van der Waals surface area contributed by atoms with Crippen molar-refractivity contribution < 1.29 is 9.13 Å². The third-order valence-corrected chi connectivity index (χ3v) is 3.90. The molecule has 1 aromatic carbocycles. The van der Waals surface area contributed by atoms with Gasteiger partial charge < -0.3 is 10.5 Å². The second-order valence-corrected chi connectivity index (χ2v) is 5.64. The molecule has 2 N–H and O–H groups in total. The Morgan fingerprint density at radius 1 is 1.41 bits per heavy atom. The van der Waals surface area contributed by atoms with Crippen LogP contribution in [0, 0.1) is 5.82 Å². The van der Waals surface area contributed by atoms with Gasteiger partial charge >= 0.3 is 0 Å². The first kappa shape index (κ1) is 13.0. The predicted molar refractivity (Wildman–Crippen MR) is 69.1 cm³/mol. The van der Waals surface area contributed by atoms with Crippen LogP contribution in [-0.2, 0) is 16.9 Å². The average molecular weight is 302 g/mol. The highest BCUT2D eigenvalue weighted by Gasteiger charge is 2.34. The summed E-state index contributed by atoms with van der Waals surface area (Å²) in [6, 6.07) is 3.56. The van der Waals surface area contributed by atoms with Crippen molar-refractivity contribution in [1.29, 1.82) is 0 Å². The Kier molecular flexibility index (Phi) is 3.85. The van der Waals surface area contributed by atoms with E-state index >= 15 is 0 Å². The lowest BCUT2D eigenvalue weighted by molar-refractivity contribution is 0.181. The van der Waals surface area contributed by atoms with Crippen LogP contribution in [0.25, 0.3) is 0 Å². The van der Waals surface area contributed by atoms with Gasteiger partial charge in [0, 0.05) is 28.2 Å². The molecule has 4 heteroatoms. The van der Waals surface area contributed by atoms with Crippen LogP contribution in [0.5, 0.6) is 0 Å². The molecule has 17 heavy (non-hydrogen) atoms. The van der Waals surface area contributed by atoms with Crippen molar-refractivity contribution in [1.82, 2.24) is 0 Å². The van der Waals surface area contributed by atoms with Gasteiger partial charge in [-0.05, 0) is 25.0 Å². The number of halogens is 2. The van der Waals surface area contributed by atoms with Crippen LogP contribution in [0.4, 0.5) is 4.39 Å². The smallest absolute Gasteiger partial charge is 0.133 e. The highest BCUT2D eigenvalue weighted by atomic mass is 79.9. The number of nitrogens with two attached hydrogens (primary N) is 1. The zero-order chi connectivity index (χ0) is 12.5. The quantitative estimate of drug-likeness (QED) is 0.928. The molecule has 0 radical (unpaired) electrons. The fourth-order valence-electron chi connectivity index (χ4n) is 2.54. The Morgan fingerprint density at radius 2 is 2.06 bits per heavy atom. The minimum absolute atomic E-state index is 0.209. The molecule has 0 bridgehead atoms. The maximum absolute atomic E-state index is 14.4. The number of hydrogen-bond acceptors (Lipinski definition) is 2. The first-order valence-electron chi connectivity index (χ1n) is 5.83. The summed E-state index contributed by atoms with van der Waals surface area (Å²) in [5.74, 6) is -0.209. The van der Waals surface area contributed by atoms with E-state index in [0.29, 0.717) is 11.1 Å². The lowest BCUT2D eigenvalue weighted by Crippen LogP contribution is -2.34. The third-order valence-electron chi connectivity index (χ3n) is 3.44. The van der Waals surface area contributed by atoms with Crippen LogP contribution in [0.15, 0.2) is 16.6 Å². The van der Waals surface area contributed by atoms with Gasteiger partial charge in [-0.1, -0.05) is 28.8 Å². The Bertz CT molecular complexity index is 416. The van der Waals surface area contributed by atoms with E-state index in [-0.39, 0.29) is 12.4 Å². The van der Waals surface area contributed by atoms with Crippen LogP contribution in [0.1, 0.15) is 36.8 Å². The number of rotatable bonds is 3. The summed E-state index contributed by atoms with van der Waals surface area (Å²) >= 11 is 3.41. The van der Waals surface area contributed by atoms with Crippen molar-refractivity contribution in [3.8, 4) is 0 Å². The van der Waals surface area contributed by atoms with Gasteiger partial charge in [-0.15, -0.1) is 0 Å². The Labute approximate surface area is 109 Å². The summed E-state index contributed by atoms with van der Waals surface area (Å²) in [6.45, 7) is 0.272. The highest BCUT2D eigenvalue weighted by molar-refractivity contribution is 9.10. The van der Waals surface area contributed by atoms with E-state index < -0.39 is 5.54 Å². The largest absolute Gasteiger partial charge is 0.380 e. The lowest BCUT2D eigenvalue weighted by Gasteiger charge is -2.26. The molecule has 0 spiro atoms. The van der Waals surface area contributed by atoms with Crippen LogP contribution in [0.2, 0.25) is 0 Å². The van der Waals surface area contributed by atoms with Crippen molar-refractivity contribution in [3.05, 3.63) is 33.5 Å². The summed E-state index contributed by atoms with van der Waals surface area (Å²) in [5.41, 5.74) is 7.00. The molecule has 0 aromatic heterocycles. The minimum atomic E-state index is -0.504. The van der Waals surface area contributed by atoms with E-state index in [2.05, 4.69) is 15.9 Å². The molecule has 1 fully saturated rings. The second-order valence-electron chi connectivity index (χ2n) is 4.72. The molecule has 2 nitrogen and oxygen atoms in total. The molecule has 94 valence electrons. The van der Waals surface area contributed by atoms with Gasteiger partial charge in [0.2, 0.25) is 0 Å². The van der Waals surface area contributed by atoms with E-state index in [1.54, 1.807) is 19.2 Å². The SMILES string of the molecule is COCc1cc(Br)cc(C2(N)CCCC2)c1F. The van der Waals surface area contributed by atoms with E-state index in [4.69, 9.17) is 10.5 Å². The zero-order valence-electron chi connectivity index (χ0n) is 9.93. The molecule has 0 amide bonds. The lowest BCUT2D eigenvalue weighted by atomic mass is 9.88. The average Bonchev–Trinajstić information content (AvgIpc) is 2.71. The molecule has 0 heterocycles. The molecule has 0 saturated heterocycles. The molecule has 0 atom stereocenters. The van der Waals surface area contributed by atoms with Gasteiger partial charge in [0.1, 0.15) is 5.82 Å². The van der Waals surface area contributed by atoms with Gasteiger partial charge in [-0.3, -0.25) is 0 Å². The van der Waals surface area contributed by atoms with Crippen molar-refractivity contribution in [3.63, 3.8) is 0 Å². The van der Waals surface area contributed by atoms with Crippen LogP contribution in [0.3, 0.4) is 0 Å². The Hall–Kier alpha value is -0.450. The summed E-state index contributed by atoms with van der Waals surface area (Å²) < 4.78 is 20.2. The Balaban J connectivity index is 2.45. The maximum Gasteiger partial charge on any atom is 0.133 e. The normalized spacial score (nSPS) is 18.6. The molecule has 0 aliphatic heterocycles. The Morgan fingerprint density at radius 3 is 2.65 bits per heavy atom. The van der Waals surface area contributed by atoms with Crippen molar-refractivity contribution >= 4 is 15.9 Å². The van der Waals surface area contributed by atoms with Gasteiger partial charge in [-0.25, -0.2) is 4.39 Å². The van der Waals surface area contributed by atoms with E-state index in [1.807, 2.05) is 0 Å². The standard InChI is InChI=1S/C13H17BrFNO/c1-17-8-9-6-10(14)7-11(12(9)15)13(16)4-2-3-5-13/h6-7H,2-5,8,16H2,1H3. The molecular weight excluding hydrogens is 285 g/mol. The summed E-state index contributed by atoms with van der Waals surface area (Å²) in [7, 11) is 1.56. The topological polar surface area (TPSA) is 35.2 Å². The first-order chi connectivity index (χ1) is 8.07.